The molecular weight excluding hydrogens is 280 g/mol. The van der Waals surface area contributed by atoms with Crippen LogP contribution in [0.2, 0.25) is 0 Å². The molecular formula is C16H28N4O2. The molecule has 0 aliphatic carbocycles. The fraction of sp³-hybridized carbons (Fsp3) is 0.812. The van der Waals surface area contributed by atoms with Crippen LogP contribution in [-0.4, -0.2) is 44.7 Å². The van der Waals surface area contributed by atoms with Gasteiger partial charge in [-0.15, -0.1) is 5.10 Å². The highest BCUT2D eigenvalue weighted by atomic mass is 16.6. The number of carbonyl (C=O) groups is 1. The van der Waals surface area contributed by atoms with Crippen LogP contribution in [-0.2, 0) is 10.2 Å². The summed E-state index contributed by atoms with van der Waals surface area (Å²) in [6.45, 7) is 13.5. The first-order valence-electron chi connectivity index (χ1n) is 7.96. The van der Waals surface area contributed by atoms with Crippen molar-refractivity contribution >= 4 is 6.09 Å². The molecule has 0 spiro atoms. The SMILES string of the molecule is CC(C)(C)OC(=O)N1CCC(n2cc(C(C)(C)C)nn2)CC1. The number of hydrogen-bond donors (Lipinski definition) is 0. The fourth-order valence-corrected chi connectivity index (χ4v) is 2.44. The van der Waals surface area contributed by atoms with Crippen LogP contribution in [0.25, 0.3) is 0 Å². The van der Waals surface area contributed by atoms with Crippen LogP contribution in [0.3, 0.4) is 0 Å². The summed E-state index contributed by atoms with van der Waals surface area (Å²) in [5, 5.41) is 8.54. The molecule has 0 radical (unpaired) electrons. The quantitative estimate of drug-likeness (QED) is 0.799. The van der Waals surface area contributed by atoms with Crippen molar-refractivity contribution < 1.29 is 9.53 Å². The zero-order chi connectivity index (χ0) is 16.5. The number of likely N-dealkylation sites (tertiary alicyclic amines) is 1. The van der Waals surface area contributed by atoms with Crippen molar-refractivity contribution in [1.29, 1.82) is 0 Å². The predicted octanol–water partition coefficient (Wildman–Crippen LogP) is 3.15. The Labute approximate surface area is 132 Å². The average Bonchev–Trinajstić information content (AvgIpc) is 2.86. The van der Waals surface area contributed by atoms with Crippen LogP contribution in [0, 0.1) is 0 Å². The molecule has 1 aliphatic rings. The molecule has 1 aromatic rings. The first-order chi connectivity index (χ1) is 10.1. The van der Waals surface area contributed by atoms with Gasteiger partial charge in [-0.3, -0.25) is 0 Å². The molecule has 2 heterocycles. The summed E-state index contributed by atoms with van der Waals surface area (Å²) in [7, 11) is 0. The number of rotatable bonds is 1. The second-order valence-electron chi connectivity index (χ2n) is 8.03. The van der Waals surface area contributed by atoms with E-state index in [1.165, 1.54) is 0 Å². The molecule has 0 N–H and O–H groups in total. The number of piperidine rings is 1. The van der Waals surface area contributed by atoms with Gasteiger partial charge in [-0.1, -0.05) is 26.0 Å². The molecule has 1 fully saturated rings. The van der Waals surface area contributed by atoms with Crippen LogP contribution < -0.4 is 0 Å². The van der Waals surface area contributed by atoms with Crippen molar-refractivity contribution in [3.8, 4) is 0 Å². The third kappa shape index (κ3) is 4.21. The number of hydrogen-bond acceptors (Lipinski definition) is 4. The Kier molecular flexibility index (Phi) is 4.49. The second kappa shape index (κ2) is 5.89. The molecule has 1 saturated heterocycles. The minimum atomic E-state index is -0.443. The summed E-state index contributed by atoms with van der Waals surface area (Å²) in [5.74, 6) is 0. The zero-order valence-corrected chi connectivity index (χ0v) is 14.6. The van der Waals surface area contributed by atoms with E-state index in [1.807, 2.05) is 31.6 Å². The molecule has 1 amide bonds. The van der Waals surface area contributed by atoms with Gasteiger partial charge in [0.15, 0.2) is 0 Å². The average molecular weight is 308 g/mol. The fourth-order valence-electron chi connectivity index (χ4n) is 2.44. The number of amides is 1. The van der Waals surface area contributed by atoms with E-state index in [9.17, 15) is 4.79 Å². The first-order valence-corrected chi connectivity index (χ1v) is 7.96. The van der Waals surface area contributed by atoms with Gasteiger partial charge >= 0.3 is 6.09 Å². The molecule has 0 bridgehead atoms. The summed E-state index contributed by atoms with van der Waals surface area (Å²) in [4.78, 5) is 13.8. The van der Waals surface area contributed by atoms with Gasteiger partial charge < -0.3 is 9.64 Å². The molecule has 0 saturated carbocycles. The van der Waals surface area contributed by atoms with Gasteiger partial charge in [0.25, 0.3) is 0 Å². The topological polar surface area (TPSA) is 60.2 Å². The number of nitrogens with zero attached hydrogens (tertiary/aromatic N) is 4. The monoisotopic (exact) mass is 308 g/mol. The van der Waals surface area contributed by atoms with E-state index < -0.39 is 5.60 Å². The highest BCUT2D eigenvalue weighted by Crippen LogP contribution is 2.25. The number of carbonyl (C=O) groups excluding carboxylic acids is 1. The van der Waals surface area contributed by atoms with Crippen LogP contribution in [0.4, 0.5) is 4.79 Å². The molecule has 124 valence electrons. The first kappa shape index (κ1) is 16.8. The van der Waals surface area contributed by atoms with E-state index in [0.717, 1.165) is 18.5 Å². The number of aromatic nitrogens is 3. The lowest BCUT2D eigenvalue weighted by molar-refractivity contribution is 0.0184. The maximum absolute atomic E-state index is 12.1. The molecule has 2 rings (SSSR count). The van der Waals surface area contributed by atoms with E-state index >= 15 is 0 Å². The maximum Gasteiger partial charge on any atom is 0.410 e. The minimum absolute atomic E-state index is 0.00939. The summed E-state index contributed by atoms with van der Waals surface area (Å²) >= 11 is 0. The minimum Gasteiger partial charge on any atom is -0.444 e. The maximum atomic E-state index is 12.1. The summed E-state index contributed by atoms with van der Waals surface area (Å²) < 4.78 is 7.37. The van der Waals surface area contributed by atoms with Crippen molar-refractivity contribution in [2.24, 2.45) is 0 Å². The Bertz CT molecular complexity index is 517. The Morgan fingerprint density at radius 2 is 1.77 bits per heavy atom. The van der Waals surface area contributed by atoms with E-state index in [4.69, 9.17) is 4.74 Å². The van der Waals surface area contributed by atoms with E-state index in [-0.39, 0.29) is 11.5 Å². The van der Waals surface area contributed by atoms with Crippen LogP contribution in [0.1, 0.15) is 66.1 Å². The molecule has 0 atom stereocenters. The largest absolute Gasteiger partial charge is 0.444 e. The highest BCUT2D eigenvalue weighted by molar-refractivity contribution is 5.68. The molecule has 1 aromatic heterocycles. The third-order valence-corrected chi connectivity index (χ3v) is 3.77. The van der Waals surface area contributed by atoms with Crippen molar-refractivity contribution in [3.63, 3.8) is 0 Å². The Morgan fingerprint density at radius 3 is 2.23 bits per heavy atom. The number of ether oxygens (including phenoxy) is 1. The Balaban J connectivity index is 1.92. The lowest BCUT2D eigenvalue weighted by Gasteiger charge is -2.33. The van der Waals surface area contributed by atoms with Crippen molar-refractivity contribution in [3.05, 3.63) is 11.9 Å². The standard InChI is InChI=1S/C16H28N4O2/c1-15(2,3)13-11-20(18-17-13)12-7-9-19(10-8-12)14(21)22-16(4,5)6/h11-12H,7-10H2,1-6H3. The van der Waals surface area contributed by atoms with Crippen LogP contribution >= 0.6 is 0 Å². The molecule has 1 aliphatic heterocycles. The third-order valence-electron chi connectivity index (χ3n) is 3.77. The molecule has 0 aromatic carbocycles. The van der Waals surface area contributed by atoms with Gasteiger partial charge in [-0.05, 0) is 33.6 Å². The van der Waals surface area contributed by atoms with Gasteiger partial charge in [-0.2, -0.15) is 0 Å². The van der Waals surface area contributed by atoms with Gasteiger partial charge in [-0.25, -0.2) is 9.48 Å². The molecule has 0 unspecified atom stereocenters. The van der Waals surface area contributed by atoms with E-state index in [2.05, 4.69) is 31.1 Å². The summed E-state index contributed by atoms with van der Waals surface area (Å²) in [6.07, 6.45) is 3.58. The predicted molar refractivity (Wildman–Crippen MR) is 84.8 cm³/mol. The normalized spacial score (nSPS) is 17.6. The lowest BCUT2D eigenvalue weighted by Crippen LogP contribution is -2.42. The van der Waals surface area contributed by atoms with Crippen LogP contribution in [0.15, 0.2) is 6.20 Å². The second-order valence-corrected chi connectivity index (χ2v) is 8.03. The van der Waals surface area contributed by atoms with E-state index in [1.54, 1.807) is 4.90 Å². The lowest BCUT2D eigenvalue weighted by atomic mass is 9.93. The smallest absolute Gasteiger partial charge is 0.410 e. The highest BCUT2D eigenvalue weighted by Gasteiger charge is 2.28. The van der Waals surface area contributed by atoms with Gasteiger partial charge in [0.1, 0.15) is 5.60 Å². The Morgan fingerprint density at radius 1 is 1.18 bits per heavy atom. The van der Waals surface area contributed by atoms with Gasteiger partial charge in [0.05, 0.1) is 11.7 Å². The summed E-state index contributed by atoms with van der Waals surface area (Å²) in [5.41, 5.74) is 0.568. The van der Waals surface area contributed by atoms with Crippen LogP contribution in [0.5, 0.6) is 0 Å². The molecule has 6 heteroatoms. The van der Waals surface area contributed by atoms with Gasteiger partial charge in [0, 0.05) is 24.7 Å². The molecule has 22 heavy (non-hydrogen) atoms. The van der Waals surface area contributed by atoms with Crippen molar-refractivity contribution in [1.82, 2.24) is 19.9 Å². The van der Waals surface area contributed by atoms with Crippen molar-refractivity contribution in [2.45, 2.75) is 71.4 Å². The zero-order valence-electron chi connectivity index (χ0n) is 14.6. The Hall–Kier alpha value is -1.59. The van der Waals surface area contributed by atoms with E-state index in [0.29, 0.717) is 19.1 Å². The van der Waals surface area contributed by atoms with Gasteiger partial charge in [0.2, 0.25) is 0 Å². The summed E-state index contributed by atoms with van der Waals surface area (Å²) in [6, 6.07) is 0.308. The van der Waals surface area contributed by atoms with Crippen molar-refractivity contribution in [2.75, 3.05) is 13.1 Å². The molecule has 6 nitrogen and oxygen atoms in total.